The number of hydrogen-bond acceptors (Lipinski definition) is 1. The molecule has 0 spiro atoms. The van der Waals surface area contributed by atoms with Crippen LogP contribution in [0.15, 0.2) is 12.1 Å². The molecule has 0 fully saturated rings. The molecule has 0 aliphatic carbocycles. The molecule has 1 nitrogen and oxygen atoms in total. The van der Waals surface area contributed by atoms with Crippen molar-refractivity contribution < 1.29 is 5.11 Å². The van der Waals surface area contributed by atoms with Crippen molar-refractivity contribution >= 4 is 22.6 Å². The monoisotopic (exact) mass is 248 g/mol. The number of phenols is 1. The molecule has 0 aromatic heterocycles. The third-order valence-corrected chi connectivity index (χ3v) is 2.86. The van der Waals surface area contributed by atoms with E-state index in [1.807, 2.05) is 19.9 Å². The van der Waals surface area contributed by atoms with Crippen LogP contribution >= 0.6 is 22.6 Å². The fourth-order valence-corrected chi connectivity index (χ4v) is 1.36. The molecule has 0 amide bonds. The molecular formula is C8H9IO. The van der Waals surface area contributed by atoms with Crippen LogP contribution in [0.1, 0.15) is 11.1 Å². The minimum Gasteiger partial charge on any atom is -0.508 e. The zero-order valence-electron chi connectivity index (χ0n) is 5.98. The smallest absolute Gasteiger partial charge is 0.118 e. The average Bonchev–Trinajstić information content (AvgIpc) is 1.93. The first-order chi connectivity index (χ1) is 4.63. The Hall–Kier alpha value is -0.250. The van der Waals surface area contributed by atoms with Gasteiger partial charge in [0.05, 0.1) is 0 Å². The summed E-state index contributed by atoms with van der Waals surface area (Å²) in [7, 11) is 0. The molecule has 0 atom stereocenters. The first-order valence-corrected chi connectivity index (χ1v) is 4.15. The molecule has 0 radical (unpaired) electrons. The van der Waals surface area contributed by atoms with Gasteiger partial charge < -0.3 is 5.11 Å². The van der Waals surface area contributed by atoms with E-state index in [-0.39, 0.29) is 0 Å². The summed E-state index contributed by atoms with van der Waals surface area (Å²) in [4.78, 5) is 0. The van der Waals surface area contributed by atoms with Crippen LogP contribution in [0, 0.1) is 17.4 Å². The van der Waals surface area contributed by atoms with E-state index in [1.165, 1.54) is 9.13 Å². The van der Waals surface area contributed by atoms with E-state index >= 15 is 0 Å². The van der Waals surface area contributed by atoms with Gasteiger partial charge in [0.2, 0.25) is 0 Å². The third-order valence-electron chi connectivity index (χ3n) is 1.69. The second-order valence-electron chi connectivity index (χ2n) is 2.32. The largest absolute Gasteiger partial charge is 0.508 e. The van der Waals surface area contributed by atoms with E-state index in [1.54, 1.807) is 6.07 Å². The van der Waals surface area contributed by atoms with Gasteiger partial charge in [0.25, 0.3) is 0 Å². The molecule has 54 valence electrons. The van der Waals surface area contributed by atoms with Gasteiger partial charge >= 0.3 is 0 Å². The number of halogens is 1. The maximum Gasteiger partial charge on any atom is 0.118 e. The van der Waals surface area contributed by atoms with Crippen LogP contribution < -0.4 is 0 Å². The van der Waals surface area contributed by atoms with Gasteiger partial charge in [-0.05, 0) is 59.7 Å². The second kappa shape index (κ2) is 2.78. The van der Waals surface area contributed by atoms with Crippen LogP contribution in [0.25, 0.3) is 0 Å². The zero-order valence-corrected chi connectivity index (χ0v) is 8.14. The van der Waals surface area contributed by atoms with Crippen molar-refractivity contribution in [3.05, 3.63) is 26.8 Å². The fourth-order valence-electron chi connectivity index (χ4n) is 0.773. The van der Waals surface area contributed by atoms with Gasteiger partial charge in [0, 0.05) is 3.57 Å². The van der Waals surface area contributed by atoms with Crippen LogP contribution in [-0.2, 0) is 0 Å². The van der Waals surface area contributed by atoms with Crippen LogP contribution in [0.2, 0.25) is 0 Å². The topological polar surface area (TPSA) is 20.2 Å². The molecule has 1 aromatic carbocycles. The highest BCUT2D eigenvalue weighted by molar-refractivity contribution is 14.1. The highest BCUT2D eigenvalue weighted by atomic mass is 127. The summed E-state index contributed by atoms with van der Waals surface area (Å²) < 4.78 is 1.20. The molecule has 1 N–H and O–H groups in total. The van der Waals surface area contributed by atoms with Crippen LogP contribution in [0.4, 0.5) is 0 Å². The maximum atomic E-state index is 9.22. The standard InChI is InChI=1S/C8H9IO/c1-5-6(2)8(10)4-3-7(5)9/h3-4,10H,1-2H3. The van der Waals surface area contributed by atoms with Gasteiger partial charge in [0.1, 0.15) is 5.75 Å². The normalized spacial score (nSPS) is 9.90. The van der Waals surface area contributed by atoms with Gasteiger partial charge in [-0.15, -0.1) is 0 Å². The number of benzene rings is 1. The summed E-state index contributed by atoms with van der Waals surface area (Å²) in [5, 5.41) is 9.22. The van der Waals surface area contributed by atoms with E-state index in [4.69, 9.17) is 0 Å². The van der Waals surface area contributed by atoms with Crippen molar-refractivity contribution in [1.29, 1.82) is 0 Å². The van der Waals surface area contributed by atoms with E-state index < -0.39 is 0 Å². The van der Waals surface area contributed by atoms with Crippen molar-refractivity contribution in [3.8, 4) is 5.75 Å². The lowest BCUT2D eigenvalue weighted by atomic mass is 10.1. The van der Waals surface area contributed by atoms with Crippen LogP contribution in [0.3, 0.4) is 0 Å². The van der Waals surface area contributed by atoms with Crippen molar-refractivity contribution in [2.24, 2.45) is 0 Å². The summed E-state index contributed by atoms with van der Waals surface area (Å²) in [5.74, 6) is 0.387. The van der Waals surface area contributed by atoms with E-state index in [2.05, 4.69) is 22.6 Å². The highest BCUT2D eigenvalue weighted by Gasteiger charge is 2.01. The Morgan fingerprint density at radius 2 is 1.80 bits per heavy atom. The Labute approximate surface area is 74.2 Å². The molecule has 1 aromatic rings. The molecule has 0 unspecified atom stereocenters. The Morgan fingerprint density at radius 3 is 2.30 bits per heavy atom. The van der Waals surface area contributed by atoms with Gasteiger partial charge in [-0.1, -0.05) is 0 Å². The van der Waals surface area contributed by atoms with Gasteiger partial charge in [-0.25, -0.2) is 0 Å². The van der Waals surface area contributed by atoms with Crippen LogP contribution in [-0.4, -0.2) is 5.11 Å². The lowest BCUT2D eigenvalue weighted by molar-refractivity contribution is 0.470. The molecule has 0 saturated heterocycles. The van der Waals surface area contributed by atoms with Gasteiger partial charge in [0.15, 0.2) is 0 Å². The van der Waals surface area contributed by atoms with Crippen LogP contribution in [0.5, 0.6) is 5.75 Å². The Bertz CT molecular complexity index is 229. The molecule has 0 heterocycles. The SMILES string of the molecule is Cc1c(O)ccc(I)c1C. The number of hydrogen-bond donors (Lipinski definition) is 1. The third kappa shape index (κ3) is 1.26. The molecular weight excluding hydrogens is 239 g/mol. The summed E-state index contributed by atoms with van der Waals surface area (Å²) in [5.41, 5.74) is 2.15. The molecule has 0 saturated carbocycles. The van der Waals surface area contributed by atoms with E-state index in [0.717, 1.165) is 5.56 Å². The fraction of sp³-hybridized carbons (Fsp3) is 0.250. The summed E-state index contributed by atoms with van der Waals surface area (Å²) in [6.07, 6.45) is 0. The maximum absolute atomic E-state index is 9.22. The summed E-state index contributed by atoms with van der Waals surface area (Å²) >= 11 is 2.26. The molecule has 1 rings (SSSR count). The molecule has 10 heavy (non-hydrogen) atoms. The lowest BCUT2D eigenvalue weighted by Crippen LogP contribution is -1.84. The predicted octanol–water partition coefficient (Wildman–Crippen LogP) is 2.61. The van der Waals surface area contributed by atoms with E-state index in [0.29, 0.717) is 5.75 Å². The number of aromatic hydroxyl groups is 1. The quantitative estimate of drug-likeness (QED) is 0.699. The summed E-state index contributed by atoms with van der Waals surface area (Å²) in [6.45, 7) is 3.93. The number of rotatable bonds is 0. The van der Waals surface area contributed by atoms with Crippen molar-refractivity contribution in [3.63, 3.8) is 0 Å². The van der Waals surface area contributed by atoms with Crippen molar-refractivity contribution in [1.82, 2.24) is 0 Å². The summed E-state index contributed by atoms with van der Waals surface area (Å²) in [6, 6.07) is 3.64. The minimum absolute atomic E-state index is 0.387. The average molecular weight is 248 g/mol. The number of phenolic OH excluding ortho intramolecular Hbond substituents is 1. The second-order valence-corrected chi connectivity index (χ2v) is 3.48. The molecule has 0 aliphatic heterocycles. The zero-order chi connectivity index (χ0) is 7.72. The first kappa shape index (κ1) is 7.85. The van der Waals surface area contributed by atoms with E-state index in [9.17, 15) is 5.11 Å². The Kier molecular flexibility index (Phi) is 2.18. The minimum atomic E-state index is 0.387. The molecule has 0 bridgehead atoms. The Balaban J connectivity index is 3.34. The first-order valence-electron chi connectivity index (χ1n) is 3.07. The highest BCUT2D eigenvalue weighted by Crippen LogP contribution is 2.23. The van der Waals surface area contributed by atoms with Crippen molar-refractivity contribution in [2.75, 3.05) is 0 Å². The van der Waals surface area contributed by atoms with Gasteiger partial charge in [-0.2, -0.15) is 0 Å². The lowest BCUT2D eigenvalue weighted by Gasteiger charge is -2.03. The predicted molar refractivity (Wildman–Crippen MR) is 50.3 cm³/mol. The van der Waals surface area contributed by atoms with Gasteiger partial charge in [-0.3, -0.25) is 0 Å². The Morgan fingerprint density at radius 1 is 1.20 bits per heavy atom. The molecule has 0 aliphatic rings. The molecule has 2 heteroatoms. The van der Waals surface area contributed by atoms with Crippen molar-refractivity contribution in [2.45, 2.75) is 13.8 Å².